The van der Waals surface area contributed by atoms with E-state index in [1.807, 2.05) is 0 Å². The highest BCUT2D eigenvalue weighted by atomic mass is 31.0. The lowest BCUT2D eigenvalue weighted by molar-refractivity contribution is 0.271. The van der Waals surface area contributed by atoms with E-state index in [4.69, 9.17) is 5.73 Å². The minimum absolute atomic E-state index is 0.00757. The second-order valence-electron chi connectivity index (χ2n) is 3.84. The van der Waals surface area contributed by atoms with E-state index in [0.717, 1.165) is 12.1 Å². The maximum Gasteiger partial charge on any atom is 0.150 e. The maximum atomic E-state index is 5.79. The van der Waals surface area contributed by atoms with Crippen molar-refractivity contribution in [2.24, 2.45) is 0 Å². The number of hydrogen-bond acceptors (Lipinski definition) is 3. The molecule has 13 heavy (non-hydrogen) atoms. The Morgan fingerprint density at radius 3 is 2.62 bits per heavy atom. The molecule has 0 aromatic carbocycles. The number of hydrogen-bond donors (Lipinski definition) is 1. The van der Waals surface area contributed by atoms with Crippen molar-refractivity contribution in [3.8, 4) is 0 Å². The van der Waals surface area contributed by atoms with E-state index in [-0.39, 0.29) is 5.54 Å². The van der Waals surface area contributed by atoms with Gasteiger partial charge in [0.1, 0.15) is 0 Å². The number of aromatic nitrogens is 2. The fourth-order valence-corrected chi connectivity index (χ4v) is 2.70. The normalized spacial score (nSPS) is 20.6. The van der Waals surface area contributed by atoms with Gasteiger partial charge in [-0.15, -0.1) is 0 Å². The van der Waals surface area contributed by atoms with Crippen LogP contribution in [0.3, 0.4) is 0 Å². The summed E-state index contributed by atoms with van der Waals surface area (Å²) in [5.74, 6) is 0.642. The second-order valence-corrected chi connectivity index (χ2v) is 4.96. The molecular formula is C7H14N4P2. The lowest BCUT2D eigenvalue weighted by Gasteiger charge is -2.28. The van der Waals surface area contributed by atoms with Gasteiger partial charge in [0.2, 0.25) is 0 Å². The minimum atomic E-state index is -0.00757. The monoisotopic (exact) mass is 216 g/mol. The molecule has 0 spiro atoms. The van der Waals surface area contributed by atoms with Gasteiger partial charge in [0.15, 0.2) is 5.82 Å². The third kappa shape index (κ3) is 1.13. The van der Waals surface area contributed by atoms with E-state index < -0.39 is 0 Å². The molecule has 0 amide bonds. The summed E-state index contributed by atoms with van der Waals surface area (Å²) in [6.45, 7) is 5.17. The van der Waals surface area contributed by atoms with Gasteiger partial charge in [-0.25, -0.2) is 0 Å². The first-order valence-corrected chi connectivity index (χ1v) is 5.13. The summed E-state index contributed by atoms with van der Waals surface area (Å²) in [5, 5.41) is 4.18. The molecule has 0 bridgehead atoms. The average Bonchev–Trinajstić information content (AvgIpc) is 2.38. The van der Waals surface area contributed by atoms with Crippen LogP contribution in [0.2, 0.25) is 0 Å². The number of nitrogen functional groups attached to an aromatic ring is 1. The Morgan fingerprint density at radius 2 is 2.08 bits per heavy atom. The summed E-state index contributed by atoms with van der Waals surface area (Å²) in [5.41, 5.74) is 8.12. The molecule has 1 aromatic heterocycles. The molecule has 6 heteroatoms. The molecule has 0 saturated heterocycles. The first-order valence-electron chi connectivity index (χ1n) is 4.10. The molecule has 2 heterocycles. The van der Waals surface area contributed by atoms with Crippen LogP contribution < -0.4 is 5.73 Å². The average molecular weight is 216 g/mol. The van der Waals surface area contributed by atoms with Crippen LogP contribution in [-0.4, -0.2) is 14.2 Å². The van der Waals surface area contributed by atoms with Gasteiger partial charge in [-0.05, 0) is 23.2 Å². The van der Waals surface area contributed by atoms with Gasteiger partial charge in [-0.3, -0.25) is 9.12 Å². The van der Waals surface area contributed by atoms with E-state index in [1.54, 1.807) is 4.45 Å². The van der Waals surface area contributed by atoms with Crippen LogP contribution in [-0.2, 0) is 12.1 Å². The highest BCUT2D eigenvalue weighted by Crippen LogP contribution is 2.43. The van der Waals surface area contributed by atoms with E-state index in [2.05, 4.69) is 42.4 Å². The Morgan fingerprint density at radius 1 is 1.46 bits per heavy atom. The molecule has 2 atom stereocenters. The van der Waals surface area contributed by atoms with Crippen LogP contribution in [0.4, 0.5) is 5.82 Å². The summed E-state index contributed by atoms with van der Waals surface area (Å²) < 4.78 is 3.99. The van der Waals surface area contributed by atoms with Crippen molar-refractivity contribution < 1.29 is 0 Å². The van der Waals surface area contributed by atoms with Crippen LogP contribution in [0.25, 0.3) is 0 Å². The summed E-state index contributed by atoms with van der Waals surface area (Å²) in [6.07, 6.45) is 0. The highest BCUT2D eigenvalue weighted by molar-refractivity contribution is 7.14. The van der Waals surface area contributed by atoms with Crippen LogP contribution in [0.5, 0.6) is 0 Å². The lowest BCUT2D eigenvalue weighted by atomic mass is 10.0. The van der Waals surface area contributed by atoms with Gasteiger partial charge in [0.05, 0.1) is 11.2 Å². The van der Waals surface area contributed by atoms with E-state index >= 15 is 0 Å². The van der Waals surface area contributed by atoms with Crippen molar-refractivity contribution in [1.82, 2.24) is 14.2 Å². The molecule has 2 rings (SSSR count). The molecular weight excluding hydrogens is 202 g/mol. The van der Waals surface area contributed by atoms with Crippen molar-refractivity contribution >= 4 is 24.6 Å². The second kappa shape index (κ2) is 2.66. The standard InChI is InChI=1S/C7H14N4P2/c1-7(2)5-4(3-10(7)12)6(8)9-11(5)13/h3,12-13H2,1-2H3,(H2,8,9). The van der Waals surface area contributed by atoms with Crippen LogP contribution in [0.15, 0.2) is 0 Å². The van der Waals surface area contributed by atoms with Gasteiger partial charge < -0.3 is 5.73 Å². The predicted molar refractivity (Wildman–Crippen MR) is 60.0 cm³/mol. The minimum Gasteiger partial charge on any atom is -0.382 e. The molecule has 0 saturated carbocycles. The van der Waals surface area contributed by atoms with Gasteiger partial charge in [-0.1, -0.05) is 9.39 Å². The molecule has 1 aliphatic heterocycles. The molecule has 0 radical (unpaired) electrons. The zero-order valence-corrected chi connectivity index (χ0v) is 10.1. The zero-order valence-electron chi connectivity index (χ0n) is 7.78. The number of anilines is 1. The lowest BCUT2D eigenvalue weighted by Crippen LogP contribution is -2.28. The van der Waals surface area contributed by atoms with Crippen molar-refractivity contribution in [1.29, 1.82) is 0 Å². The summed E-state index contributed by atoms with van der Waals surface area (Å²) in [7, 11) is 5.30. The molecule has 2 unspecified atom stereocenters. The molecule has 1 aromatic rings. The third-order valence-corrected chi connectivity index (χ3v) is 3.87. The fourth-order valence-electron chi connectivity index (χ4n) is 1.80. The predicted octanol–water partition coefficient (Wildman–Crippen LogP) is 0.944. The van der Waals surface area contributed by atoms with Crippen LogP contribution in [0.1, 0.15) is 25.1 Å². The quantitative estimate of drug-likeness (QED) is 0.656. The van der Waals surface area contributed by atoms with Crippen molar-refractivity contribution in [3.05, 3.63) is 11.3 Å². The fraction of sp³-hybridized carbons (Fsp3) is 0.571. The van der Waals surface area contributed by atoms with Gasteiger partial charge >= 0.3 is 0 Å². The SMILES string of the molecule is CC1(C)c2c(c(N)nn2P)CN1P. The summed E-state index contributed by atoms with van der Waals surface area (Å²) in [6, 6.07) is 0. The number of nitrogens with two attached hydrogens (primary N) is 1. The van der Waals surface area contributed by atoms with Crippen LogP contribution in [0, 0.1) is 0 Å². The molecule has 72 valence electrons. The zero-order chi connectivity index (χ0) is 9.80. The first-order chi connectivity index (χ1) is 5.94. The Balaban J connectivity index is 2.64. The van der Waals surface area contributed by atoms with E-state index in [9.17, 15) is 0 Å². The van der Waals surface area contributed by atoms with Gasteiger partial charge in [-0.2, -0.15) is 5.10 Å². The number of nitrogens with zero attached hydrogens (tertiary/aromatic N) is 3. The van der Waals surface area contributed by atoms with Gasteiger partial charge in [0.25, 0.3) is 0 Å². The highest BCUT2D eigenvalue weighted by Gasteiger charge is 2.39. The van der Waals surface area contributed by atoms with E-state index in [1.165, 1.54) is 5.69 Å². The van der Waals surface area contributed by atoms with Crippen molar-refractivity contribution in [3.63, 3.8) is 0 Å². The number of fused-ring (bicyclic) bond motifs is 1. The van der Waals surface area contributed by atoms with Gasteiger partial charge in [0, 0.05) is 12.1 Å². The molecule has 4 nitrogen and oxygen atoms in total. The Labute approximate surface area is 82.4 Å². The summed E-state index contributed by atoms with van der Waals surface area (Å²) >= 11 is 0. The molecule has 0 fully saturated rings. The summed E-state index contributed by atoms with van der Waals surface area (Å²) in [4.78, 5) is 0. The number of rotatable bonds is 0. The van der Waals surface area contributed by atoms with Crippen molar-refractivity contribution in [2.75, 3.05) is 5.73 Å². The Bertz CT molecular complexity index is 358. The third-order valence-electron chi connectivity index (χ3n) is 2.67. The topological polar surface area (TPSA) is 47.1 Å². The Hall–Kier alpha value is -0.170. The smallest absolute Gasteiger partial charge is 0.150 e. The maximum absolute atomic E-state index is 5.79. The molecule has 1 aliphatic rings. The van der Waals surface area contributed by atoms with Crippen LogP contribution >= 0.6 is 18.8 Å². The van der Waals surface area contributed by atoms with E-state index in [0.29, 0.717) is 5.82 Å². The first kappa shape index (κ1) is 9.39. The largest absolute Gasteiger partial charge is 0.382 e. The van der Waals surface area contributed by atoms with Crippen molar-refractivity contribution in [2.45, 2.75) is 25.9 Å². The Kier molecular flexibility index (Phi) is 1.92. The molecule has 0 aliphatic carbocycles. The molecule has 2 N–H and O–H groups in total.